The number of rotatable bonds is 1. The van der Waals surface area contributed by atoms with E-state index in [1.54, 1.807) is 0 Å². The molecule has 3 N–H and O–H groups in total. The van der Waals surface area contributed by atoms with Crippen molar-refractivity contribution in [1.82, 2.24) is 5.32 Å². The van der Waals surface area contributed by atoms with Crippen molar-refractivity contribution < 1.29 is 0 Å². The number of anilines is 1. The largest absolute Gasteiger partial charge is 0.398 e. The number of nitrogen functional groups attached to an aromatic ring is 1. The van der Waals surface area contributed by atoms with Crippen LogP contribution in [0.1, 0.15) is 31.9 Å². The van der Waals surface area contributed by atoms with Gasteiger partial charge in [-0.15, -0.1) is 0 Å². The maximum atomic E-state index is 5.89. The lowest BCUT2D eigenvalue weighted by Crippen LogP contribution is -2.11. The molecule has 0 saturated carbocycles. The van der Waals surface area contributed by atoms with Crippen LogP contribution in [0.4, 0.5) is 5.69 Å². The molecule has 2 nitrogen and oxygen atoms in total. The van der Waals surface area contributed by atoms with Gasteiger partial charge in [0.2, 0.25) is 0 Å². The lowest BCUT2D eigenvalue weighted by Gasteiger charge is -2.19. The molecule has 0 aliphatic heterocycles. The van der Waals surface area contributed by atoms with E-state index in [0.29, 0.717) is 6.54 Å². The minimum absolute atomic E-state index is 0.132. The predicted molar refractivity (Wildman–Crippen MR) is 70.4 cm³/mol. The maximum Gasteiger partial charge on any atom is 0.0577 e. The third-order valence-corrected chi connectivity index (χ3v) is 2.41. The fourth-order valence-corrected chi connectivity index (χ4v) is 1.36. The van der Waals surface area contributed by atoms with Crippen LogP contribution in [0.5, 0.6) is 0 Å². The highest BCUT2D eigenvalue weighted by Gasteiger charge is 2.14. The average molecular weight is 216 g/mol. The zero-order valence-electron chi connectivity index (χ0n) is 10.5. The van der Waals surface area contributed by atoms with E-state index in [-0.39, 0.29) is 5.41 Å². The maximum absolute atomic E-state index is 5.89. The molecule has 0 aromatic heterocycles. The summed E-state index contributed by atoms with van der Waals surface area (Å²) in [5, 5.41) is 2.99. The first-order valence-corrected chi connectivity index (χ1v) is 5.48. The molecule has 0 aliphatic rings. The fourth-order valence-electron chi connectivity index (χ4n) is 1.36. The van der Waals surface area contributed by atoms with E-state index in [0.717, 1.165) is 11.3 Å². The van der Waals surface area contributed by atoms with Gasteiger partial charge in [0.1, 0.15) is 0 Å². The van der Waals surface area contributed by atoms with Crippen molar-refractivity contribution in [3.8, 4) is 11.8 Å². The van der Waals surface area contributed by atoms with Gasteiger partial charge in [-0.1, -0.05) is 38.7 Å². The third-order valence-electron chi connectivity index (χ3n) is 2.41. The Morgan fingerprint density at radius 2 is 2.00 bits per heavy atom. The molecule has 0 aliphatic carbocycles. The van der Waals surface area contributed by atoms with Crippen LogP contribution in [0, 0.1) is 11.8 Å². The van der Waals surface area contributed by atoms with Gasteiger partial charge in [-0.05, 0) is 30.2 Å². The molecule has 86 valence electrons. The Kier molecular flexibility index (Phi) is 3.98. The van der Waals surface area contributed by atoms with E-state index in [4.69, 9.17) is 5.73 Å². The Morgan fingerprint density at radius 1 is 1.31 bits per heavy atom. The first kappa shape index (κ1) is 12.6. The molecular weight excluding hydrogens is 196 g/mol. The molecule has 0 atom stereocenters. The second-order valence-electron chi connectivity index (χ2n) is 4.88. The zero-order valence-corrected chi connectivity index (χ0v) is 10.5. The van der Waals surface area contributed by atoms with Crippen LogP contribution in [-0.4, -0.2) is 13.6 Å². The summed E-state index contributed by atoms with van der Waals surface area (Å²) in [6, 6.07) is 6.08. The van der Waals surface area contributed by atoms with Crippen LogP contribution >= 0.6 is 0 Å². The standard InChI is InChI=1S/C14H20N2/c1-14(2,3)12-7-8-13(15)11(10-12)6-5-9-16-4/h7-8,10,16H,9,15H2,1-4H3. The Labute approximate surface area is 98.2 Å². The molecule has 0 unspecified atom stereocenters. The van der Waals surface area contributed by atoms with E-state index in [1.165, 1.54) is 5.56 Å². The van der Waals surface area contributed by atoms with Gasteiger partial charge in [0.15, 0.2) is 0 Å². The normalized spacial score (nSPS) is 10.8. The topological polar surface area (TPSA) is 38.0 Å². The van der Waals surface area contributed by atoms with Gasteiger partial charge >= 0.3 is 0 Å². The summed E-state index contributed by atoms with van der Waals surface area (Å²) in [7, 11) is 1.88. The van der Waals surface area contributed by atoms with Gasteiger partial charge in [-0.2, -0.15) is 0 Å². The molecule has 1 aromatic rings. The highest BCUT2D eigenvalue weighted by Crippen LogP contribution is 2.25. The molecule has 1 rings (SSSR count). The van der Waals surface area contributed by atoms with Crippen molar-refractivity contribution in [1.29, 1.82) is 0 Å². The Morgan fingerprint density at radius 3 is 2.56 bits per heavy atom. The quantitative estimate of drug-likeness (QED) is 0.557. The van der Waals surface area contributed by atoms with E-state index in [2.05, 4.69) is 50.1 Å². The minimum Gasteiger partial charge on any atom is -0.398 e. The average Bonchev–Trinajstić information content (AvgIpc) is 2.19. The molecule has 0 spiro atoms. The summed E-state index contributed by atoms with van der Waals surface area (Å²) >= 11 is 0. The van der Waals surface area contributed by atoms with Gasteiger partial charge in [0.25, 0.3) is 0 Å². The number of hydrogen-bond acceptors (Lipinski definition) is 2. The zero-order chi connectivity index (χ0) is 12.2. The van der Waals surface area contributed by atoms with Gasteiger partial charge < -0.3 is 11.1 Å². The SMILES string of the molecule is CNCC#Cc1cc(C(C)(C)C)ccc1N. The lowest BCUT2D eigenvalue weighted by atomic mass is 9.86. The van der Waals surface area contributed by atoms with E-state index >= 15 is 0 Å². The van der Waals surface area contributed by atoms with Crippen LogP contribution < -0.4 is 11.1 Å². The fraction of sp³-hybridized carbons (Fsp3) is 0.429. The molecule has 0 heterocycles. The first-order chi connectivity index (χ1) is 7.45. The Balaban J connectivity index is 3.06. The summed E-state index contributed by atoms with van der Waals surface area (Å²) in [6.45, 7) is 7.23. The molecule has 0 radical (unpaired) electrons. The molecule has 0 bridgehead atoms. The summed E-state index contributed by atoms with van der Waals surface area (Å²) in [4.78, 5) is 0. The summed E-state index contributed by atoms with van der Waals surface area (Å²) in [5.41, 5.74) is 8.95. The summed E-state index contributed by atoms with van der Waals surface area (Å²) < 4.78 is 0. The van der Waals surface area contributed by atoms with Gasteiger partial charge in [0, 0.05) is 11.3 Å². The number of nitrogens with two attached hydrogens (primary N) is 1. The van der Waals surface area contributed by atoms with Crippen LogP contribution in [-0.2, 0) is 5.41 Å². The van der Waals surface area contributed by atoms with Gasteiger partial charge in [0.05, 0.1) is 6.54 Å². The smallest absolute Gasteiger partial charge is 0.0577 e. The highest BCUT2D eigenvalue weighted by atomic mass is 14.8. The number of hydrogen-bond donors (Lipinski definition) is 2. The molecule has 0 fully saturated rings. The Hall–Kier alpha value is -1.46. The van der Waals surface area contributed by atoms with E-state index in [1.807, 2.05) is 13.1 Å². The molecule has 2 heteroatoms. The second-order valence-corrected chi connectivity index (χ2v) is 4.88. The molecule has 0 saturated heterocycles. The monoisotopic (exact) mass is 216 g/mol. The third kappa shape index (κ3) is 3.29. The Bertz CT molecular complexity index is 417. The van der Waals surface area contributed by atoms with Crippen LogP contribution in [0.3, 0.4) is 0 Å². The van der Waals surface area contributed by atoms with Crippen LogP contribution in [0.15, 0.2) is 18.2 Å². The van der Waals surface area contributed by atoms with Crippen LogP contribution in [0.25, 0.3) is 0 Å². The first-order valence-electron chi connectivity index (χ1n) is 5.48. The van der Waals surface area contributed by atoms with Crippen molar-refractivity contribution in [2.75, 3.05) is 19.3 Å². The summed E-state index contributed by atoms with van der Waals surface area (Å²) in [6.07, 6.45) is 0. The molecule has 0 amide bonds. The molecular formula is C14H20N2. The predicted octanol–water partition coefficient (Wildman–Crippen LogP) is 2.14. The van der Waals surface area contributed by atoms with Crippen LogP contribution in [0.2, 0.25) is 0 Å². The highest BCUT2D eigenvalue weighted by molar-refractivity contribution is 5.57. The number of nitrogens with one attached hydrogen (secondary N) is 1. The van der Waals surface area contributed by atoms with E-state index in [9.17, 15) is 0 Å². The second kappa shape index (κ2) is 5.05. The van der Waals surface area contributed by atoms with Crippen molar-refractivity contribution in [2.45, 2.75) is 26.2 Å². The lowest BCUT2D eigenvalue weighted by molar-refractivity contribution is 0.590. The van der Waals surface area contributed by atoms with Gasteiger partial charge in [-0.3, -0.25) is 0 Å². The van der Waals surface area contributed by atoms with Crippen molar-refractivity contribution >= 4 is 5.69 Å². The van der Waals surface area contributed by atoms with E-state index < -0.39 is 0 Å². The van der Waals surface area contributed by atoms with Crippen molar-refractivity contribution in [2.24, 2.45) is 0 Å². The molecule has 1 aromatic carbocycles. The molecule has 16 heavy (non-hydrogen) atoms. The van der Waals surface area contributed by atoms with Gasteiger partial charge in [-0.25, -0.2) is 0 Å². The summed E-state index contributed by atoms with van der Waals surface area (Å²) in [5.74, 6) is 6.12. The van der Waals surface area contributed by atoms with Crippen molar-refractivity contribution in [3.05, 3.63) is 29.3 Å². The minimum atomic E-state index is 0.132. The number of benzene rings is 1. The van der Waals surface area contributed by atoms with Crippen molar-refractivity contribution in [3.63, 3.8) is 0 Å².